The number of hydrogen-bond acceptors (Lipinski definition) is 2. The van der Waals surface area contributed by atoms with Crippen molar-refractivity contribution < 1.29 is 27.2 Å². The second-order valence-corrected chi connectivity index (χ2v) is 4.93. The molecule has 0 aromatic heterocycles. The molecule has 2 amide bonds. The van der Waals surface area contributed by atoms with E-state index >= 15 is 0 Å². The highest BCUT2D eigenvalue weighted by atomic mass is 19.4. The molecule has 1 aliphatic rings. The third kappa shape index (κ3) is 3.32. The first-order valence-corrected chi connectivity index (χ1v) is 6.13. The minimum atomic E-state index is -4.81. The Morgan fingerprint density at radius 3 is 2.43 bits per heavy atom. The normalized spacial score (nSPS) is 15.7. The van der Waals surface area contributed by atoms with E-state index in [0.717, 1.165) is 12.1 Å². The topological polar surface area (TPSA) is 63.4 Å². The molecule has 2 N–H and O–H groups in total. The summed E-state index contributed by atoms with van der Waals surface area (Å²) in [7, 11) is 0. The standard InChI is InChI=1S/C13H12F4N2O2/c14-8-1-2-9(10(4-8)13(15,16)17)12(21)19-5-7(6-19)3-11(18)20/h1-2,4,7H,3,5-6H2,(H2,18,20). The van der Waals surface area contributed by atoms with E-state index in [9.17, 15) is 27.2 Å². The summed E-state index contributed by atoms with van der Waals surface area (Å²) in [6, 6.07) is 1.93. The first-order valence-electron chi connectivity index (χ1n) is 6.13. The van der Waals surface area contributed by atoms with E-state index in [0.29, 0.717) is 6.07 Å². The molecule has 114 valence electrons. The lowest BCUT2D eigenvalue weighted by molar-refractivity contribution is -0.138. The van der Waals surface area contributed by atoms with Crippen LogP contribution in [0.15, 0.2) is 18.2 Å². The Balaban J connectivity index is 2.16. The molecule has 8 heteroatoms. The van der Waals surface area contributed by atoms with Crippen LogP contribution in [-0.2, 0) is 11.0 Å². The van der Waals surface area contributed by atoms with Crippen LogP contribution in [0.3, 0.4) is 0 Å². The van der Waals surface area contributed by atoms with Crippen LogP contribution in [-0.4, -0.2) is 29.8 Å². The zero-order valence-corrected chi connectivity index (χ0v) is 10.8. The van der Waals surface area contributed by atoms with Crippen molar-refractivity contribution in [1.29, 1.82) is 0 Å². The number of rotatable bonds is 3. The molecule has 0 atom stereocenters. The molecule has 0 spiro atoms. The van der Waals surface area contributed by atoms with E-state index in [1.165, 1.54) is 4.90 Å². The Bertz CT molecular complexity index is 580. The highest BCUT2D eigenvalue weighted by Crippen LogP contribution is 2.34. The molecule has 1 aromatic carbocycles. The third-order valence-corrected chi connectivity index (χ3v) is 3.25. The zero-order chi connectivity index (χ0) is 15.8. The van der Waals surface area contributed by atoms with Crippen molar-refractivity contribution in [2.24, 2.45) is 11.7 Å². The molecule has 1 aliphatic heterocycles. The number of carbonyl (C=O) groups excluding carboxylic acids is 2. The van der Waals surface area contributed by atoms with Gasteiger partial charge in [-0.3, -0.25) is 9.59 Å². The summed E-state index contributed by atoms with van der Waals surface area (Å²) in [6.07, 6.45) is -4.73. The van der Waals surface area contributed by atoms with E-state index in [1.54, 1.807) is 0 Å². The molecular formula is C13H12F4N2O2. The monoisotopic (exact) mass is 304 g/mol. The van der Waals surface area contributed by atoms with Crippen LogP contribution >= 0.6 is 0 Å². The number of primary amides is 1. The van der Waals surface area contributed by atoms with E-state index < -0.39 is 34.9 Å². The average Bonchev–Trinajstić information content (AvgIpc) is 2.31. The number of nitrogens with two attached hydrogens (primary N) is 1. The SMILES string of the molecule is NC(=O)CC1CN(C(=O)c2ccc(F)cc2C(F)(F)F)C1. The lowest BCUT2D eigenvalue weighted by Gasteiger charge is -2.39. The van der Waals surface area contributed by atoms with Gasteiger partial charge in [-0.1, -0.05) is 0 Å². The van der Waals surface area contributed by atoms with Crippen LogP contribution in [0.5, 0.6) is 0 Å². The van der Waals surface area contributed by atoms with E-state index in [4.69, 9.17) is 5.73 Å². The minimum absolute atomic E-state index is 0.0827. The van der Waals surface area contributed by atoms with Crippen LogP contribution in [0.2, 0.25) is 0 Å². The molecule has 21 heavy (non-hydrogen) atoms. The minimum Gasteiger partial charge on any atom is -0.370 e. The van der Waals surface area contributed by atoms with Crippen LogP contribution in [0, 0.1) is 11.7 Å². The van der Waals surface area contributed by atoms with E-state index in [1.807, 2.05) is 0 Å². The van der Waals surface area contributed by atoms with Crippen molar-refractivity contribution in [3.63, 3.8) is 0 Å². The summed E-state index contributed by atoms with van der Waals surface area (Å²) >= 11 is 0. The van der Waals surface area contributed by atoms with Gasteiger partial charge in [0.15, 0.2) is 0 Å². The summed E-state index contributed by atoms with van der Waals surface area (Å²) in [5.74, 6) is -2.55. The van der Waals surface area contributed by atoms with Gasteiger partial charge in [-0.2, -0.15) is 13.2 Å². The number of amides is 2. The molecule has 1 saturated heterocycles. The van der Waals surface area contributed by atoms with Gasteiger partial charge in [-0.25, -0.2) is 4.39 Å². The molecule has 4 nitrogen and oxygen atoms in total. The van der Waals surface area contributed by atoms with Crippen molar-refractivity contribution in [3.05, 3.63) is 35.1 Å². The summed E-state index contributed by atoms with van der Waals surface area (Å²) < 4.78 is 51.4. The molecular weight excluding hydrogens is 292 g/mol. The van der Waals surface area contributed by atoms with Gasteiger partial charge in [0.2, 0.25) is 5.91 Å². The molecule has 1 aromatic rings. The summed E-state index contributed by atoms with van der Waals surface area (Å²) in [6.45, 7) is 0.326. The van der Waals surface area contributed by atoms with Gasteiger partial charge in [0.25, 0.3) is 5.91 Å². The fourth-order valence-corrected chi connectivity index (χ4v) is 2.26. The predicted molar refractivity (Wildman–Crippen MR) is 64.6 cm³/mol. The first kappa shape index (κ1) is 15.3. The third-order valence-electron chi connectivity index (χ3n) is 3.25. The maximum atomic E-state index is 13.0. The van der Waals surface area contributed by atoms with Crippen molar-refractivity contribution in [3.8, 4) is 0 Å². The summed E-state index contributed by atoms with van der Waals surface area (Å²) in [5.41, 5.74) is 3.10. The Kier molecular flexibility index (Phi) is 3.89. The predicted octanol–water partition coefficient (Wildman–Crippen LogP) is 1.79. The quantitative estimate of drug-likeness (QED) is 0.865. The van der Waals surface area contributed by atoms with Crippen molar-refractivity contribution in [1.82, 2.24) is 4.90 Å². The molecule has 0 unspecified atom stereocenters. The van der Waals surface area contributed by atoms with Crippen LogP contribution in [0.25, 0.3) is 0 Å². The van der Waals surface area contributed by atoms with Crippen molar-refractivity contribution >= 4 is 11.8 Å². The highest BCUT2D eigenvalue weighted by molar-refractivity contribution is 5.96. The number of hydrogen-bond donors (Lipinski definition) is 1. The molecule has 0 radical (unpaired) electrons. The van der Waals surface area contributed by atoms with Gasteiger partial charge >= 0.3 is 6.18 Å². The van der Waals surface area contributed by atoms with Gasteiger partial charge in [0, 0.05) is 25.4 Å². The summed E-state index contributed by atoms with van der Waals surface area (Å²) in [4.78, 5) is 23.9. The Morgan fingerprint density at radius 2 is 1.90 bits per heavy atom. The van der Waals surface area contributed by atoms with Gasteiger partial charge in [-0.05, 0) is 18.2 Å². The van der Waals surface area contributed by atoms with E-state index in [-0.39, 0.29) is 25.4 Å². The van der Waals surface area contributed by atoms with Crippen LogP contribution in [0.4, 0.5) is 17.6 Å². The molecule has 2 rings (SSSR count). The fourth-order valence-electron chi connectivity index (χ4n) is 2.26. The summed E-state index contributed by atoms with van der Waals surface area (Å²) in [5, 5.41) is 0. The second-order valence-electron chi connectivity index (χ2n) is 4.93. The number of carbonyl (C=O) groups is 2. The average molecular weight is 304 g/mol. The molecule has 0 saturated carbocycles. The lowest BCUT2D eigenvalue weighted by atomic mass is 9.94. The fraction of sp³-hybridized carbons (Fsp3) is 0.385. The zero-order valence-electron chi connectivity index (χ0n) is 10.8. The number of benzene rings is 1. The maximum absolute atomic E-state index is 13.0. The molecule has 1 fully saturated rings. The Labute approximate surface area is 117 Å². The van der Waals surface area contributed by atoms with Gasteiger partial charge in [-0.15, -0.1) is 0 Å². The number of nitrogens with zero attached hydrogens (tertiary/aromatic N) is 1. The highest BCUT2D eigenvalue weighted by Gasteiger charge is 2.39. The number of halogens is 4. The first-order chi connectivity index (χ1) is 9.68. The largest absolute Gasteiger partial charge is 0.417 e. The maximum Gasteiger partial charge on any atom is 0.417 e. The van der Waals surface area contributed by atoms with Gasteiger partial charge < -0.3 is 10.6 Å². The second kappa shape index (κ2) is 5.34. The van der Waals surface area contributed by atoms with Crippen molar-refractivity contribution in [2.75, 3.05) is 13.1 Å². The van der Waals surface area contributed by atoms with Gasteiger partial charge in [0.05, 0.1) is 11.1 Å². The molecule has 0 aliphatic carbocycles. The van der Waals surface area contributed by atoms with Crippen molar-refractivity contribution in [2.45, 2.75) is 12.6 Å². The van der Waals surface area contributed by atoms with Crippen LogP contribution < -0.4 is 5.73 Å². The van der Waals surface area contributed by atoms with Crippen LogP contribution in [0.1, 0.15) is 22.3 Å². The molecule has 1 heterocycles. The number of likely N-dealkylation sites (tertiary alicyclic amines) is 1. The Hall–Kier alpha value is -2.12. The van der Waals surface area contributed by atoms with Gasteiger partial charge in [0.1, 0.15) is 5.82 Å². The van der Waals surface area contributed by atoms with E-state index in [2.05, 4.69) is 0 Å². The smallest absolute Gasteiger partial charge is 0.370 e. The Morgan fingerprint density at radius 1 is 1.29 bits per heavy atom. The lowest BCUT2D eigenvalue weighted by Crippen LogP contribution is -2.51. The molecule has 0 bridgehead atoms. The number of alkyl halides is 3.